The Morgan fingerprint density at radius 1 is 1.04 bits per heavy atom. The minimum Gasteiger partial charge on any atom is -0.483 e. The van der Waals surface area contributed by atoms with Crippen molar-refractivity contribution in [3.05, 3.63) is 65.7 Å². The summed E-state index contributed by atoms with van der Waals surface area (Å²) in [5, 5.41) is 2.88. The smallest absolute Gasteiger partial charge is 0.258 e. The average molecular weight is 345 g/mol. The molecule has 120 valence electrons. The molecule has 0 spiro atoms. The summed E-state index contributed by atoms with van der Waals surface area (Å²) in [5.74, 6) is 3.05. The zero-order valence-corrected chi connectivity index (χ0v) is 14.4. The Morgan fingerprint density at radius 3 is 2.52 bits per heavy atom. The fourth-order valence-electron chi connectivity index (χ4n) is 2.34. The fourth-order valence-corrected chi connectivity index (χ4v) is 5.24. The van der Waals surface area contributed by atoms with Crippen molar-refractivity contribution in [3.63, 3.8) is 0 Å². The quantitative estimate of drug-likeness (QED) is 0.863. The number of thioether (sulfide) groups is 2. The topological polar surface area (TPSA) is 38.3 Å². The average Bonchev–Trinajstić information content (AvgIpc) is 3.14. The van der Waals surface area contributed by atoms with Gasteiger partial charge in [0.15, 0.2) is 6.61 Å². The van der Waals surface area contributed by atoms with Crippen LogP contribution in [0.1, 0.15) is 15.7 Å². The standard InChI is InChI=1S/C18H19NO2S2/c20-17(19-12-14-6-2-1-3-7-14)13-21-16-9-5-4-8-15(16)18-22-10-11-23-18/h1-9,18H,10-13H2,(H,19,20). The van der Waals surface area contributed by atoms with Crippen molar-refractivity contribution in [1.82, 2.24) is 5.32 Å². The van der Waals surface area contributed by atoms with Crippen molar-refractivity contribution in [1.29, 1.82) is 0 Å². The van der Waals surface area contributed by atoms with Gasteiger partial charge in [-0.25, -0.2) is 0 Å². The monoisotopic (exact) mass is 345 g/mol. The molecule has 0 atom stereocenters. The third-order valence-electron chi connectivity index (χ3n) is 3.49. The lowest BCUT2D eigenvalue weighted by atomic mass is 10.2. The highest BCUT2D eigenvalue weighted by molar-refractivity contribution is 8.19. The van der Waals surface area contributed by atoms with E-state index in [1.165, 1.54) is 17.1 Å². The molecular weight excluding hydrogens is 326 g/mol. The molecular formula is C18H19NO2S2. The van der Waals surface area contributed by atoms with Crippen molar-refractivity contribution in [3.8, 4) is 5.75 Å². The van der Waals surface area contributed by atoms with Crippen LogP contribution in [-0.2, 0) is 11.3 Å². The van der Waals surface area contributed by atoms with E-state index in [0.29, 0.717) is 11.1 Å². The Balaban J connectivity index is 1.53. The predicted molar refractivity (Wildman–Crippen MR) is 97.9 cm³/mol. The molecule has 3 nitrogen and oxygen atoms in total. The van der Waals surface area contributed by atoms with Crippen molar-refractivity contribution < 1.29 is 9.53 Å². The SMILES string of the molecule is O=C(COc1ccccc1C1SCCS1)NCc1ccccc1. The number of ether oxygens (including phenoxy) is 1. The van der Waals surface area contributed by atoms with Crippen LogP contribution in [-0.4, -0.2) is 24.0 Å². The van der Waals surface area contributed by atoms with Gasteiger partial charge in [-0.2, -0.15) is 0 Å². The Hall–Kier alpha value is -1.59. The molecule has 1 amide bonds. The van der Waals surface area contributed by atoms with Crippen LogP contribution in [0.15, 0.2) is 54.6 Å². The molecule has 5 heteroatoms. The zero-order valence-electron chi connectivity index (χ0n) is 12.7. The summed E-state index contributed by atoms with van der Waals surface area (Å²) >= 11 is 3.87. The minimum absolute atomic E-state index is 0.0475. The maximum atomic E-state index is 12.0. The normalized spacial score (nSPS) is 14.6. The second-order valence-electron chi connectivity index (χ2n) is 5.16. The highest BCUT2D eigenvalue weighted by atomic mass is 32.2. The number of carbonyl (C=O) groups excluding carboxylic acids is 1. The highest BCUT2D eigenvalue weighted by Gasteiger charge is 2.21. The van der Waals surface area contributed by atoms with Gasteiger partial charge < -0.3 is 10.1 Å². The molecule has 2 aromatic carbocycles. The van der Waals surface area contributed by atoms with Gasteiger partial charge in [0, 0.05) is 23.6 Å². The number of hydrogen-bond donors (Lipinski definition) is 1. The Kier molecular flexibility index (Phi) is 5.88. The molecule has 1 heterocycles. The lowest BCUT2D eigenvalue weighted by Crippen LogP contribution is -2.28. The van der Waals surface area contributed by atoms with E-state index in [9.17, 15) is 4.79 Å². The third kappa shape index (κ3) is 4.69. The molecule has 3 rings (SSSR count). The van der Waals surface area contributed by atoms with E-state index in [2.05, 4.69) is 11.4 Å². The number of para-hydroxylation sites is 1. The number of nitrogens with one attached hydrogen (secondary N) is 1. The second kappa shape index (κ2) is 8.31. The van der Waals surface area contributed by atoms with E-state index < -0.39 is 0 Å². The zero-order chi connectivity index (χ0) is 15.9. The summed E-state index contributed by atoms with van der Waals surface area (Å²) in [4.78, 5) is 12.0. The van der Waals surface area contributed by atoms with Gasteiger partial charge in [0.25, 0.3) is 5.91 Å². The molecule has 0 bridgehead atoms. The van der Waals surface area contributed by atoms with Gasteiger partial charge in [-0.15, -0.1) is 23.5 Å². The van der Waals surface area contributed by atoms with Crippen LogP contribution < -0.4 is 10.1 Å². The Morgan fingerprint density at radius 2 is 1.74 bits per heavy atom. The molecule has 1 aliphatic rings. The molecule has 0 saturated carbocycles. The third-order valence-corrected chi connectivity index (χ3v) is 6.55. The van der Waals surface area contributed by atoms with Gasteiger partial charge in [0.1, 0.15) is 5.75 Å². The molecule has 23 heavy (non-hydrogen) atoms. The van der Waals surface area contributed by atoms with Crippen LogP contribution >= 0.6 is 23.5 Å². The molecule has 1 saturated heterocycles. The first kappa shape index (κ1) is 16.3. The van der Waals surface area contributed by atoms with Crippen LogP contribution in [0.4, 0.5) is 0 Å². The van der Waals surface area contributed by atoms with Crippen LogP contribution in [0.2, 0.25) is 0 Å². The molecule has 0 unspecified atom stereocenters. The molecule has 1 aliphatic heterocycles. The Bertz CT molecular complexity index is 642. The van der Waals surface area contributed by atoms with Gasteiger partial charge in [-0.05, 0) is 11.6 Å². The number of amides is 1. The number of hydrogen-bond acceptors (Lipinski definition) is 4. The number of benzene rings is 2. The van der Waals surface area contributed by atoms with Crippen molar-refractivity contribution in [2.45, 2.75) is 11.1 Å². The summed E-state index contributed by atoms with van der Waals surface area (Å²) in [7, 11) is 0. The van der Waals surface area contributed by atoms with Gasteiger partial charge >= 0.3 is 0 Å². The molecule has 0 aliphatic carbocycles. The molecule has 2 aromatic rings. The van der Waals surface area contributed by atoms with E-state index in [4.69, 9.17) is 4.74 Å². The van der Waals surface area contributed by atoms with Crippen LogP contribution in [0.3, 0.4) is 0 Å². The van der Waals surface area contributed by atoms with E-state index in [1.54, 1.807) is 0 Å². The molecule has 0 aromatic heterocycles. The Labute approximate surface area is 145 Å². The van der Waals surface area contributed by atoms with Crippen molar-refractivity contribution in [2.24, 2.45) is 0 Å². The fraction of sp³-hybridized carbons (Fsp3) is 0.278. The summed E-state index contributed by atoms with van der Waals surface area (Å²) in [6.45, 7) is 0.574. The largest absolute Gasteiger partial charge is 0.483 e. The van der Waals surface area contributed by atoms with E-state index >= 15 is 0 Å². The maximum Gasteiger partial charge on any atom is 0.258 e. The minimum atomic E-state index is -0.101. The first-order valence-electron chi connectivity index (χ1n) is 7.58. The summed E-state index contributed by atoms with van der Waals surface area (Å²) in [6.07, 6.45) is 0. The molecule has 0 radical (unpaired) electrons. The first-order valence-corrected chi connectivity index (χ1v) is 9.68. The lowest BCUT2D eigenvalue weighted by molar-refractivity contribution is -0.123. The summed E-state index contributed by atoms with van der Waals surface area (Å²) in [6, 6.07) is 17.9. The van der Waals surface area contributed by atoms with Crippen LogP contribution in [0, 0.1) is 0 Å². The highest BCUT2D eigenvalue weighted by Crippen LogP contribution is 2.48. The van der Waals surface area contributed by atoms with Gasteiger partial charge in [-0.1, -0.05) is 48.5 Å². The maximum absolute atomic E-state index is 12.0. The lowest BCUT2D eigenvalue weighted by Gasteiger charge is -2.15. The van der Waals surface area contributed by atoms with Crippen molar-refractivity contribution >= 4 is 29.4 Å². The second-order valence-corrected chi connectivity index (χ2v) is 7.89. The summed E-state index contributed by atoms with van der Waals surface area (Å²) < 4.78 is 6.18. The van der Waals surface area contributed by atoms with Crippen LogP contribution in [0.5, 0.6) is 5.75 Å². The van der Waals surface area contributed by atoms with Crippen LogP contribution in [0.25, 0.3) is 0 Å². The van der Waals surface area contributed by atoms with E-state index in [1.807, 2.05) is 72.1 Å². The molecule has 1 fully saturated rings. The number of rotatable bonds is 6. The number of carbonyl (C=O) groups is 1. The van der Waals surface area contributed by atoms with Gasteiger partial charge in [0.2, 0.25) is 0 Å². The van der Waals surface area contributed by atoms with Gasteiger partial charge in [-0.3, -0.25) is 4.79 Å². The molecule has 1 N–H and O–H groups in total. The predicted octanol–water partition coefficient (Wildman–Crippen LogP) is 3.86. The van der Waals surface area contributed by atoms with Crippen molar-refractivity contribution in [2.75, 3.05) is 18.1 Å². The van der Waals surface area contributed by atoms with Gasteiger partial charge in [0.05, 0.1) is 4.58 Å². The van der Waals surface area contributed by atoms with E-state index in [-0.39, 0.29) is 12.5 Å². The van der Waals surface area contributed by atoms with E-state index in [0.717, 1.165) is 11.3 Å². The first-order chi connectivity index (χ1) is 11.3. The summed E-state index contributed by atoms with van der Waals surface area (Å²) in [5.41, 5.74) is 2.26.